The second-order valence-electron chi connectivity index (χ2n) is 5.78. The Morgan fingerprint density at radius 1 is 1.04 bits per heavy atom. The molecule has 0 heterocycles. The molecule has 0 spiro atoms. The number of nitrogens with one attached hydrogen (secondary N) is 1. The molecule has 142 valence electrons. The lowest BCUT2D eigenvalue weighted by Gasteiger charge is -2.07. The summed E-state index contributed by atoms with van der Waals surface area (Å²) in [5, 5.41) is 4.83. The molecule has 7 heteroatoms. The van der Waals surface area contributed by atoms with Gasteiger partial charge in [-0.1, -0.05) is 57.3 Å². The molecule has 1 amide bonds. The monoisotopic (exact) mass is 476 g/mol. The van der Waals surface area contributed by atoms with Crippen molar-refractivity contribution >= 4 is 51.3 Å². The summed E-state index contributed by atoms with van der Waals surface area (Å²) in [6, 6.07) is 19.8. The van der Waals surface area contributed by atoms with Gasteiger partial charge in [0.2, 0.25) is 0 Å². The number of amides is 1. The van der Waals surface area contributed by atoms with Gasteiger partial charge in [-0.25, -0.2) is 5.43 Å². The Hall–Kier alpha value is -2.34. The molecule has 0 atom stereocenters. The van der Waals surface area contributed by atoms with Crippen molar-refractivity contribution in [3.05, 3.63) is 97.9 Å². The third-order valence-electron chi connectivity index (χ3n) is 3.77. The zero-order valence-corrected chi connectivity index (χ0v) is 17.6. The lowest BCUT2D eigenvalue weighted by Crippen LogP contribution is -2.17. The molecule has 3 aromatic carbocycles. The van der Waals surface area contributed by atoms with Crippen molar-refractivity contribution < 1.29 is 9.53 Å². The van der Waals surface area contributed by atoms with Crippen molar-refractivity contribution in [2.75, 3.05) is 0 Å². The molecular formula is C21H15BrCl2N2O2. The maximum absolute atomic E-state index is 12.2. The highest BCUT2D eigenvalue weighted by Crippen LogP contribution is 2.22. The number of carbonyl (C=O) groups excluding carboxylic acids is 1. The third kappa shape index (κ3) is 5.58. The summed E-state index contributed by atoms with van der Waals surface area (Å²) < 4.78 is 6.73. The minimum absolute atomic E-state index is 0.349. The quantitative estimate of drug-likeness (QED) is 0.344. The number of nitrogens with zero attached hydrogens (tertiary/aromatic N) is 1. The second kappa shape index (κ2) is 9.73. The van der Waals surface area contributed by atoms with E-state index >= 15 is 0 Å². The molecule has 28 heavy (non-hydrogen) atoms. The van der Waals surface area contributed by atoms with Crippen LogP contribution in [-0.2, 0) is 6.61 Å². The molecule has 0 unspecified atom stereocenters. The van der Waals surface area contributed by atoms with Crippen molar-refractivity contribution in [1.82, 2.24) is 5.43 Å². The van der Waals surface area contributed by atoms with Crippen molar-refractivity contribution in [3.8, 4) is 5.75 Å². The Labute approximate surface area is 181 Å². The molecule has 0 aliphatic heterocycles. The summed E-state index contributed by atoms with van der Waals surface area (Å²) in [5.74, 6) is 0.320. The van der Waals surface area contributed by atoms with Gasteiger partial charge in [0.1, 0.15) is 12.4 Å². The van der Waals surface area contributed by atoms with E-state index in [1.807, 2.05) is 24.3 Å². The molecule has 0 radical (unpaired) electrons. The molecule has 0 saturated carbocycles. The van der Waals surface area contributed by atoms with E-state index in [2.05, 4.69) is 26.5 Å². The van der Waals surface area contributed by atoms with Gasteiger partial charge < -0.3 is 4.74 Å². The summed E-state index contributed by atoms with van der Waals surface area (Å²) in [7, 11) is 0. The number of rotatable bonds is 6. The van der Waals surface area contributed by atoms with Crippen LogP contribution in [0.2, 0.25) is 10.0 Å². The summed E-state index contributed by atoms with van der Waals surface area (Å²) in [6.45, 7) is 0.438. The van der Waals surface area contributed by atoms with E-state index in [1.165, 1.54) is 6.21 Å². The second-order valence-corrected chi connectivity index (χ2v) is 7.51. The van der Waals surface area contributed by atoms with Crippen LogP contribution >= 0.6 is 39.1 Å². The third-order valence-corrected chi connectivity index (χ3v) is 4.92. The zero-order valence-electron chi connectivity index (χ0n) is 14.5. The van der Waals surface area contributed by atoms with Gasteiger partial charge in [-0.3, -0.25) is 4.79 Å². The van der Waals surface area contributed by atoms with E-state index in [1.54, 1.807) is 42.5 Å². The molecule has 0 aliphatic carbocycles. The van der Waals surface area contributed by atoms with Gasteiger partial charge in [-0.05, 0) is 54.1 Å². The molecule has 0 aromatic heterocycles. The molecule has 0 saturated heterocycles. The molecular weight excluding hydrogens is 463 g/mol. The van der Waals surface area contributed by atoms with Crippen molar-refractivity contribution in [3.63, 3.8) is 0 Å². The van der Waals surface area contributed by atoms with Crippen LogP contribution in [0.1, 0.15) is 21.5 Å². The normalized spacial score (nSPS) is 10.8. The molecule has 4 nitrogen and oxygen atoms in total. The molecule has 3 rings (SSSR count). The molecule has 0 fully saturated rings. The Bertz CT molecular complexity index is 987. The minimum atomic E-state index is -0.349. The fourth-order valence-corrected chi connectivity index (χ4v) is 3.29. The van der Waals surface area contributed by atoms with E-state index in [-0.39, 0.29) is 5.91 Å². The van der Waals surface area contributed by atoms with E-state index in [9.17, 15) is 4.79 Å². The lowest BCUT2D eigenvalue weighted by molar-refractivity contribution is 0.0955. The van der Waals surface area contributed by atoms with Crippen molar-refractivity contribution in [2.24, 2.45) is 5.10 Å². The Kier molecular flexibility index (Phi) is 7.09. The molecule has 0 aliphatic rings. The van der Waals surface area contributed by atoms with Crippen LogP contribution in [0.4, 0.5) is 0 Å². The summed E-state index contributed by atoms with van der Waals surface area (Å²) in [5.41, 5.74) is 4.50. The minimum Gasteiger partial charge on any atom is -0.489 e. The number of hydrogen-bond acceptors (Lipinski definition) is 3. The number of ether oxygens (including phenoxy) is 1. The highest BCUT2D eigenvalue weighted by molar-refractivity contribution is 9.10. The van der Waals surface area contributed by atoms with Gasteiger partial charge in [-0.15, -0.1) is 0 Å². The average Bonchev–Trinajstić information content (AvgIpc) is 2.69. The van der Waals surface area contributed by atoms with Crippen LogP contribution in [-0.4, -0.2) is 12.1 Å². The van der Waals surface area contributed by atoms with Crippen LogP contribution in [0.3, 0.4) is 0 Å². The predicted molar refractivity (Wildman–Crippen MR) is 116 cm³/mol. The fraction of sp³-hybridized carbons (Fsp3) is 0.0476. The Balaban J connectivity index is 1.57. The van der Waals surface area contributed by atoms with Gasteiger partial charge in [0, 0.05) is 15.6 Å². The zero-order chi connectivity index (χ0) is 19.9. The predicted octanol–water partition coefficient (Wildman–Crippen LogP) is 6.10. The topological polar surface area (TPSA) is 50.7 Å². The number of halogens is 3. The fourth-order valence-electron chi connectivity index (χ4n) is 2.35. The molecule has 0 bridgehead atoms. The van der Waals surface area contributed by atoms with Gasteiger partial charge in [0.15, 0.2) is 0 Å². The smallest absolute Gasteiger partial charge is 0.271 e. The summed E-state index contributed by atoms with van der Waals surface area (Å²) >= 11 is 15.5. The van der Waals surface area contributed by atoms with E-state index in [0.29, 0.717) is 33.5 Å². The maximum atomic E-state index is 12.2. The van der Waals surface area contributed by atoms with Gasteiger partial charge in [0.25, 0.3) is 5.91 Å². The van der Waals surface area contributed by atoms with Crippen molar-refractivity contribution in [2.45, 2.75) is 6.61 Å². The number of hydrazone groups is 1. The Morgan fingerprint density at radius 2 is 1.71 bits per heavy atom. The summed E-state index contributed by atoms with van der Waals surface area (Å²) in [6.07, 6.45) is 1.41. The van der Waals surface area contributed by atoms with Crippen LogP contribution in [0.25, 0.3) is 0 Å². The van der Waals surface area contributed by atoms with Crippen molar-refractivity contribution in [1.29, 1.82) is 0 Å². The summed E-state index contributed by atoms with van der Waals surface area (Å²) in [4.78, 5) is 12.2. The van der Waals surface area contributed by atoms with E-state index in [0.717, 1.165) is 10.0 Å². The highest BCUT2D eigenvalue weighted by Gasteiger charge is 2.06. The van der Waals surface area contributed by atoms with E-state index < -0.39 is 0 Å². The lowest BCUT2D eigenvalue weighted by atomic mass is 10.2. The van der Waals surface area contributed by atoms with Gasteiger partial charge in [-0.2, -0.15) is 5.10 Å². The first kappa shape index (κ1) is 20.4. The highest BCUT2D eigenvalue weighted by atomic mass is 79.9. The van der Waals surface area contributed by atoms with Crippen LogP contribution in [0.5, 0.6) is 5.75 Å². The molecule has 1 N–H and O–H groups in total. The number of benzene rings is 3. The largest absolute Gasteiger partial charge is 0.489 e. The van der Waals surface area contributed by atoms with Crippen LogP contribution in [0, 0.1) is 0 Å². The standard InChI is InChI=1S/C21H15BrCl2N2O2/c22-16-4-1-3-14(11-16)13-28-17-9-7-15(8-10-17)21(27)26-25-12-18-19(23)5-2-6-20(18)24/h1-12H,13H2,(H,26,27). The van der Waals surface area contributed by atoms with Crippen LogP contribution in [0.15, 0.2) is 76.3 Å². The average molecular weight is 478 g/mol. The number of hydrogen-bond donors (Lipinski definition) is 1. The molecule has 3 aromatic rings. The SMILES string of the molecule is O=C(NN=Cc1c(Cl)cccc1Cl)c1ccc(OCc2cccc(Br)c2)cc1. The maximum Gasteiger partial charge on any atom is 0.271 e. The number of carbonyl (C=O) groups is 1. The first-order valence-corrected chi connectivity index (χ1v) is 9.82. The van der Waals surface area contributed by atoms with Gasteiger partial charge >= 0.3 is 0 Å². The first-order valence-electron chi connectivity index (χ1n) is 8.27. The Morgan fingerprint density at radius 3 is 2.39 bits per heavy atom. The van der Waals surface area contributed by atoms with E-state index in [4.69, 9.17) is 27.9 Å². The van der Waals surface area contributed by atoms with Crippen LogP contribution < -0.4 is 10.2 Å². The first-order chi connectivity index (χ1) is 13.5. The van der Waals surface area contributed by atoms with Gasteiger partial charge in [0.05, 0.1) is 16.3 Å².